The maximum atomic E-state index is 12.0. The molecule has 2 aliphatic heterocycles. The van der Waals surface area contributed by atoms with E-state index in [1.165, 1.54) is 12.8 Å². The molecule has 130 valence electrons. The molecule has 1 amide bonds. The lowest BCUT2D eigenvalue weighted by atomic mass is 9.98. The van der Waals surface area contributed by atoms with Gasteiger partial charge in [0.05, 0.1) is 18.8 Å². The van der Waals surface area contributed by atoms with Crippen molar-refractivity contribution in [1.82, 2.24) is 15.5 Å². The fraction of sp³-hybridized carbons (Fsp3) is 0.938. The number of ether oxygens (including phenoxy) is 1. The van der Waals surface area contributed by atoms with Crippen molar-refractivity contribution in [1.29, 1.82) is 0 Å². The van der Waals surface area contributed by atoms with Gasteiger partial charge in [0.15, 0.2) is 0 Å². The van der Waals surface area contributed by atoms with Crippen LogP contribution in [-0.4, -0.2) is 62.3 Å². The number of carbonyl (C=O) groups excluding carboxylic acids is 1. The van der Waals surface area contributed by atoms with Gasteiger partial charge in [-0.1, -0.05) is 0 Å². The highest BCUT2D eigenvalue weighted by atomic mass is 35.5. The highest BCUT2D eigenvalue weighted by Gasteiger charge is 2.24. The van der Waals surface area contributed by atoms with Gasteiger partial charge in [-0.3, -0.25) is 4.79 Å². The molecule has 2 N–H and O–H groups in total. The van der Waals surface area contributed by atoms with Crippen molar-refractivity contribution in [3.8, 4) is 0 Å². The number of likely N-dealkylation sites (tertiary alicyclic amines) is 1. The summed E-state index contributed by atoms with van der Waals surface area (Å²) in [5, 5.41) is 6.38. The number of piperidine rings is 1. The Morgan fingerprint density at radius 1 is 1.36 bits per heavy atom. The molecule has 0 aromatic carbocycles. The minimum absolute atomic E-state index is 0. The van der Waals surface area contributed by atoms with Gasteiger partial charge in [-0.05, 0) is 58.5 Å². The van der Waals surface area contributed by atoms with Crippen LogP contribution in [0.15, 0.2) is 0 Å². The van der Waals surface area contributed by atoms with Crippen LogP contribution in [0, 0.1) is 5.92 Å². The first-order chi connectivity index (χ1) is 10.1. The van der Waals surface area contributed by atoms with E-state index in [0.29, 0.717) is 12.0 Å². The Morgan fingerprint density at radius 2 is 2.18 bits per heavy atom. The monoisotopic (exact) mass is 333 g/mol. The van der Waals surface area contributed by atoms with Crippen LogP contribution in [0.5, 0.6) is 0 Å². The quantitative estimate of drug-likeness (QED) is 0.739. The molecule has 0 radical (unpaired) electrons. The van der Waals surface area contributed by atoms with E-state index in [2.05, 4.69) is 29.4 Å². The molecule has 2 rings (SSSR count). The molecular weight excluding hydrogens is 302 g/mol. The molecule has 2 atom stereocenters. The normalized spacial score (nSPS) is 26.0. The molecular formula is C16H32ClN3O2. The van der Waals surface area contributed by atoms with Crippen molar-refractivity contribution in [2.24, 2.45) is 5.92 Å². The lowest BCUT2D eigenvalue weighted by Crippen LogP contribution is -2.46. The van der Waals surface area contributed by atoms with E-state index >= 15 is 0 Å². The zero-order valence-electron chi connectivity index (χ0n) is 14.0. The Labute approximate surface area is 140 Å². The zero-order valence-corrected chi connectivity index (χ0v) is 14.8. The van der Waals surface area contributed by atoms with E-state index in [-0.39, 0.29) is 24.4 Å². The number of amides is 1. The predicted octanol–water partition coefficient (Wildman–Crippen LogP) is 1.41. The minimum Gasteiger partial charge on any atom is -0.377 e. The summed E-state index contributed by atoms with van der Waals surface area (Å²) in [5.74, 6) is 0.774. The van der Waals surface area contributed by atoms with Crippen LogP contribution in [-0.2, 0) is 9.53 Å². The molecule has 2 aliphatic rings. The second-order valence-corrected chi connectivity index (χ2v) is 6.62. The van der Waals surface area contributed by atoms with Crippen LogP contribution in [0.2, 0.25) is 0 Å². The standard InChI is InChI=1S/C16H31N3O2.ClH/c1-13(2)21-10-9-19-8-4-5-14(12-19)11-18-16(20)15-6-3-7-17-15;/h13-15,17H,3-12H2,1-2H3,(H,18,20);1H. The molecule has 6 heteroatoms. The average Bonchev–Trinajstić information content (AvgIpc) is 2.99. The maximum absolute atomic E-state index is 12.0. The van der Waals surface area contributed by atoms with Crippen molar-refractivity contribution in [3.63, 3.8) is 0 Å². The van der Waals surface area contributed by atoms with E-state index in [4.69, 9.17) is 4.74 Å². The van der Waals surface area contributed by atoms with Crippen LogP contribution in [0.25, 0.3) is 0 Å². The van der Waals surface area contributed by atoms with Gasteiger partial charge in [-0.2, -0.15) is 0 Å². The van der Waals surface area contributed by atoms with Gasteiger partial charge in [0.25, 0.3) is 0 Å². The predicted molar refractivity (Wildman–Crippen MR) is 91.5 cm³/mol. The van der Waals surface area contributed by atoms with Crippen LogP contribution >= 0.6 is 12.4 Å². The molecule has 22 heavy (non-hydrogen) atoms. The SMILES string of the molecule is CC(C)OCCN1CCCC(CNC(=O)C2CCCN2)C1.Cl. The smallest absolute Gasteiger partial charge is 0.237 e. The van der Waals surface area contributed by atoms with Crippen LogP contribution in [0.1, 0.15) is 39.5 Å². The molecule has 2 unspecified atom stereocenters. The van der Waals surface area contributed by atoms with Crippen molar-refractivity contribution in [2.45, 2.75) is 51.7 Å². The van der Waals surface area contributed by atoms with E-state index in [1.54, 1.807) is 0 Å². The van der Waals surface area contributed by atoms with Crippen LogP contribution in [0.3, 0.4) is 0 Å². The first kappa shape index (κ1) is 19.7. The van der Waals surface area contributed by atoms with E-state index < -0.39 is 0 Å². The number of rotatable bonds is 7. The summed E-state index contributed by atoms with van der Waals surface area (Å²) in [6.45, 7) is 10.0. The van der Waals surface area contributed by atoms with Crippen molar-refractivity contribution in [2.75, 3.05) is 39.3 Å². The van der Waals surface area contributed by atoms with Gasteiger partial charge in [0.1, 0.15) is 0 Å². The Hall–Kier alpha value is -0.360. The molecule has 0 saturated carbocycles. The fourth-order valence-electron chi connectivity index (χ4n) is 3.21. The lowest BCUT2D eigenvalue weighted by molar-refractivity contribution is -0.123. The third-order valence-corrected chi connectivity index (χ3v) is 4.40. The minimum atomic E-state index is 0. The molecule has 2 saturated heterocycles. The van der Waals surface area contributed by atoms with Crippen LogP contribution < -0.4 is 10.6 Å². The number of nitrogens with zero attached hydrogens (tertiary/aromatic N) is 1. The average molecular weight is 334 g/mol. The van der Waals surface area contributed by atoms with E-state index in [1.807, 2.05) is 0 Å². The zero-order chi connectivity index (χ0) is 15.1. The fourth-order valence-corrected chi connectivity index (χ4v) is 3.21. The molecule has 0 aromatic heterocycles. The molecule has 5 nitrogen and oxygen atoms in total. The molecule has 0 aromatic rings. The van der Waals surface area contributed by atoms with Gasteiger partial charge in [0, 0.05) is 19.6 Å². The third-order valence-electron chi connectivity index (χ3n) is 4.40. The molecule has 2 heterocycles. The van der Waals surface area contributed by atoms with E-state index in [9.17, 15) is 4.79 Å². The summed E-state index contributed by atoms with van der Waals surface area (Å²) in [7, 11) is 0. The Kier molecular flexibility index (Phi) is 9.33. The Morgan fingerprint density at radius 3 is 2.86 bits per heavy atom. The summed E-state index contributed by atoms with van der Waals surface area (Å²) in [6.07, 6.45) is 4.85. The number of hydrogen-bond acceptors (Lipinski definition) is 4. The molecule has 2 fully saturated rings. The first-order valence-electron chi connectivity index (χ1n) is 8.50. The van der Waals surface area contributed by atoms with Crippen LogP contribution in [0.4, 0.5) is 0 Å². The molecule has 0 spiro atoms. The van der Waals surface area contributed by atoms with E-state index in [0.717, 1.165) is 52.2 Å². The summed E-state index contributed by atoms with van der Waals surface area (Å²) >= 11 is 0. The van der Waals surface area contributed by atoms with Gasteiger partial charge in [0.2, 0.25) is 5.91 Å². The number of halogens is 1. The number of nitrogens with one attached hydrogen (secondary N) is 2. The van der Waals surface area contributed by atoms with Crippen molar-refractivity contribution in [3.05, 3.63) is 0 Å². The third kappa shape index (κ3) is 6.82. The summed E-state index contributed by atoms with van der Waals surface area (Å²) in [4.78, 5) is 14.5. The summed E-state index contributed by atoms with van der Waals surface area (Å²) in [5.41, 5.74) is 0. The number of carbonyl (C=O) groups is 1. The maximum Gasteiger partial charge on any atom is 0.237 e. The summed E-state index contributed by atoms with van der Waals surface area (Å²) in [6, 6.07) is 0.0455. The molecule has 0 bridgehead atoms. The Bertz CT molecular complexity index is 323. The highest BCUT2D eigenvalue weighted by molar-refractivity contribution is 5.85. The van der Waals surface area contributed by atoms with Gasteiger partial charge >= 0.3 is 0 Å². The Balaban J connectivity index is 0.00000242. The summed E-state index contributed by atoms with van der Waals surface area (Å²) < 4.78 is 5.63. The van der Waals surface area contributed by atoms with Gasteiger partial charge in [-0.15, -0.1) is 12.4 Å². The second kappa shape index (κ2) is 10.4. The van der Waals surface area contributed by atoms with Gasteiger partial charge < -0.3 is 20.3 Å². The first-order valence-corrected chi connectivity index (χ1v) is 8.50. The van der Waals surface area contributed by atoms with Gasteiger partial charge in [-0.25, -0.2) is 0 Å². The second-order valence-electron chi connectivity index (χ2n) is 6.62. The van der Waals surface area contributed by atoms with Crippen molar-refractivity contribution >= 4 is 18.3 Å². The lowest BCUT2D eigenvalue weighted by Gasteiger charge is -2.33. The topological polar surface area (TPSA) is 53.6 Å². The molecule has 0 aliphatic carbocycles. The highest BCUT2D eigenvalue weighted by Crippen LogP contribution is 2.15. The van der Waals surface area contributed by atoms with Crippen molar-refractivity contribution < 1.29 is 9.53 Å². The largest absolute Gasteiger partial charge is 0.377 e. The number of hydrogen-bond donors (Lipinski definition) is 2.